The molecule has 2 aliphatic rings. The zero-order valence-electron chi connectivity index (χ0n) is 25.7. The van der Waals surface area contributed by atoms with Crippen molar-refractivity contribution in [2.75, 3.05) is 20.2 Å². The summed E-state index contributed by atoms with van der Waals surface area (Å²) in [5, 5.41) is 10.0. The van der Waals surface area contributed by atoms with Crippen LogP contribution in [0.25, 0.3) is 0 Å². The van der Waals surface area contributed by atoms with Crippen LogP contribution in [0.4, 0.5) is 8.78 Å². The summed E-state index contributed by atoms with van der Waals surface area (Å²) in [6, 6.07) is 8.62. The Kier molecular flexibility index (Phi) is 9.73. The van der Waals surface area contributed by atoms with E-state index in [2.05, 4.69) is 0 Å². The number of benzene rings is 2. The highest BCUT2D eigenvalue weighted by Gasteiger charge is 2.31. The van der Waals surface area contributed by atoms with Gasteiger partial charge < -0.3 is 28.8 Å². The fraction of sp³-hybridized carbons (Fsp3) is 0.273. The minimum absolute atomic E-state index is 0.0101. The minimum Gasteiger partial charge on any atom is -0.502 e. The van der Waals surface area contributed by atoms with Crippen LogP contribution in [0.3, 0.4) is 0 Å². The number of aromatic hydroxyl groups is 1. The monoisotopic (exact) mass is 686 g/mol. The van der Waals surface area contributed by atoms with Gasteiger partial charge in [-0.3, -0.25) is 19.2 Å². The third-order valence-electron chi connectivity index (χ3n) is 8.07. The number of pyridine rings is 2. The first-order chi connectivity index (χ1) is 22.3. The summed E-state index contributed by atoms with van der Waals surface area (Å²) in [5.41, 5.74) is 2.22. The smallest absolute Gasteiger partial charge is 0.293 e. The minimum atomic E-state index is -0.608. The second kappa shape index (κ2) is 13.6. The van der Waals surface area contributed by atoms with Crippen LogP contribution in [0.2, 0.25) is 10.0 Å². The molecule has 0 saturated heterocycles. The molecule has 2 aromatic heterocycles. The number of hydrogen-bond donors (Lipinski definition) is 1. The first-order valence-electron chi connectivity index (χ1n) is 14.4. The molecule has 0 radical (unpaired) electrons. The topological polar surface area (TPSA) is 114 Å². The number of carbonyl (C=O) groups excluding carboxylic acids is 2. The van der Waals surface area contributed by atoms with E-state index in [0.29, 0.717) is 42.6 Å². The van der Waals surface area contributed by atoms with Crippen molar-refractivity contribution in [3.8, 4) is 11.5 Å². The number of fused-ring (bicyclic) bond motifs is 2. The first-order valence-corrected chi connectivity index (χ1v) is 15.2. The zero-order valence-corrected chi connectivity index (χ0v) is 27.2. The van der Waals surface area contributed by atoms with E-state index in [9.17, 15) is 33.1 Å². The summed E-state index contributed by atoms with van der Waals surface area (Å²) in [6.45, 7) is 1.46. The number of methoxy groups -OCH3 is 1. The standard InChI is InChI=1S/C17H16ClFN2O3.C16H14ClFN2O3/c1-20-9-11-5-6-21(8-10-3-4-13(19)12(18)7-10)16(22)14(11)15(24-2)17(20)23;1-19-8-10-4-5-20(15(22)13(10)14(21)16(19)23)7-9-2-3-12(18)11(17)6-9/h3-4,7,9H,5-6,8H2,1-2H3;2-3,6,8,21H,4-5,7H2,1H3. The number of aryl methyl sites for hydroxylation is 2. The van der Waals surface area contributed by atoms with Crippen molar-refractivity contribution in [2.24, 2.45) is 14.1 Å². The number of hydrogen-bond acceptors (Lipinski definition) is 6. The van der Waals surface area contributed by atoms with Gasteiger partial charge in [-0.1, -0.05) is 35.3 Å². The van der Waals surface area contributed by atoms with E-state index in [0.717, 1.165) is 11.1 Å². The van der Waals surface area contributed by atoms with Crippen molar-refractivity contribution < 1.29 is 28.2 Å². The van der Waals surface area contributed by atoms with Gasteiger partial charge in [0, 0.05) is 52.7 Å². The molecule has 2 amide bonds. The average molecular weight is 688 g/mol. The lowest BCUT2D eigenvalue weighted by Crippen LogP contribution is -2.39. The van der Waals surface area contributed by atoms with Crippen molar-refractivity contribution in [3.63, 3.8) is 0 Å². The Balaban J connectivity index is 0.000000185. The van der Waals surface area contributed by atoms with Gasteiger partial charge in [0.25, 0.3) is 22.9 Å². The third-order valence-corrected chi connectivity index (χ3v) is 8.65. The number of ether oxygens (including phenoxy) is 1. The first kappa shape index (κ1) is 33.7. The van der Waals surface area contributed by atoms with E-state index in [1.807, 2.05) is 0 Å². The molecule has 0 atom stereocenters. The van der Waals surface area contributed by atoms with Gasteiger partial charge in [-0.05, 0) is 59.4 Å². The SMILES string of the molecule is COc1c2c(cn(C)c1=O)CCN(Cc1ccc(F)c(Cl)c1)C2=O.Cn1cc2c(c(O)c1=O)C(=O)N(Cc1ccc(F)c(Cl)c1)CC2. The Hall–Kier alpha value is -4.68. The molecule has 4 heterocycles. The summed E-state index contributed by atoms with van der Waals surface area (Å²) in [4.78, 5) is 52.5. The lowest BCUT2D eigenvalue weighted by Gasteiger charge is -2.29. The number of nitrogens with zero attached hydrogens (tertiary/aromatic N) is 4. The molecule has 0 unspecified atom stereocenters. The van der Waals surface area contributed by atoms with Gasteiger partial charge in [-0.25, -0.2) is 8.78 Å². The van der Waals surface area contributed by atoms with Gasteiger partial charge >= 0.3 is 0 Å². The third kappa shape index (κ3) is 6.75. The fourth-order valence-electron chi connectivity index (χ4n) is 5.64. The number of halogens is 4. The molecule has 1 N–H and O–H groups in total. The molecule has 0 fully saturated rings. The van der Waals surface area contributed by atoms with E-state index >= 15 is 0 Å². The largest absolute Gasteiger partial charge is 0.502 e. The maximum atomic E-state index is 13.3. The molecule has 14 heteroatoms. The van der Waals surface area contributed by atoms with Crippen LogP contribution in [0.15, 0.2) is 58.4 Å². The van der Waals surface area contributed by atoms with Crippen LogP contribution in [0.1, 0.15) is 43.0 Å². The molecule has 0 spiro atoms. The Bertz CT molecular complexity index is 2030. The zero-order chi connectivity index (χ0) is 34.2. The molecule has 2 aromatic carbocycles. The number of carbonyl (C=O) groups is 2. The van der Waals surface area contributed by atoms with E-state index in [-0.39, 0.29) is 45.9 Å². The van der Waals surface area contributed by atoms with Crippen LogP contribution < -0.4 is 15.9 Å². The van der Waals surface area contributed by atoms with E-state index in [4.69, 9.17) is 27.9 Å². The summed E-state index contributed by atoms with van der Waals surface area (Å²) in [6.07, 6.45) is 4.38. The van der Waals surface area contributed by atoms with Crippen LogP contribution in [-0.2, 0) is 40.0 Å². The second-order valence-electron chi connectivity index (χ2n) is 11.2. The molecule has 0 bridgehead atoms. The van der Waals surface area contributed by atoms with Crippen LogP contribution in [-0.4, -0.2) is 56.1 Å². The van der Waals surface area contributed by atoms with Crippen molar-refractivity contribution in [3.05, 3.63) is 125 Å². The number of amides is 2. The van der Waals surface area contributed by atoms with Crippen LogP contribution >= 0.6 is 23.2 Å². The summed E-state index contributed by atoms with van der Waals surface area (Å²) >= 11 is 11.5. The summed E-state index contributed by atoms with van der Waals surface area (Å²) in [7, 11) is 4.53. The van der Waals surface area contributed by atoms with Gasteiger partial charge in [-0.15, -0.1) is 0 Å². The maximum absolute atomic E-state index is 13.3. The van der Waals surface area contributed by atoms with Gasteiger partial charge in [0.05, 0.1) is 28.3 Å². The summed E-state index contributed by atoms with van der Waals surface area (Å²) < 4.78 is 34.3. The molecule has 2 aliphatic heterocycles. The van der Waals surface area contributed by atoms with Gasteiger partial charge in [0.2, 0.25) is 0 Å². The predicted octanol–water partition coefficient (Wildman–Crippen LogP) is 4.47. The second-order valence-corrected chi connectivity index (χ2v) is 12.0. The molecule has 0 saturated carbocycles. The molecule has 0 aliphatic carbocycles. The number of rotatable bonds is 5. The van der Waals surface area contributed by atoms with Gasteiger partial charge in [0.15, 0.2) is 11.5 Å². The lowest BCUT2D eigenvalue weighted by molar-refractivity contribution is 0.0714. The van der Waals surface area contributed by atoms with E-state index < -0.39 is 28.9 Å². The van der Waals surface area contributed by atoms with Crippen LogP contribution in [0.5, 0.6) is 11.5 Å². The quantitative estimate of drug-likeness (QED) is 0.332. The lowest BCUT2D eigenvalue weighted by atomic mass is 9.99. The molecular formula is C33H30Cl2F2N4O6. The Morgan fingerprint density at radius 1 is 0.745 bits per heavy atom. The van der Waals surface area contributed by atoms with Crippen molar-refractivity contribution >= 4 is 35.0 Å². The Labute approximate surface area is 277 Å². The summed E-state index contributed by atoms with van der Waals surface area (Å²) in [5.74, 6) is -2.18. The molecule has 6 rings (SSSR count). The predicted molar refractivity (Wildman–Crippen MR) is 171 cm³/mol. The molecule has 47 heavy (non-hydrogen) atoms. The van der Waals surface area contributed by atoms with Crippen molar-refractivity contribution in [2.45, 2.75) is 25.9 Å². The Morgan fingerprint density at radius 3 is 1.66 bits per heavy atom. The highest BCUT2D eigenvalue weighted by Crippen LogP contribution is 2.28. The van der Waals surface area contributed by atoms with Crippen molar-refractivity contribution in [1.82, 2.24) is 18.9 Å². The normalized spacial score (nSPS) is 13.9. The highest BCUT2D eigenvalue weighted by molar-refractivity contribution is 6.31. The van der Waals surface area contributed by atoms with E-state index in [1.165, 1.54) is 52.5 Å². The maximum Gasteiger partial charge on any atom is 0.293 e. The molecule has 246 valence electrons. The van der Waals surface area contributed by atoms with Crippen LogP contribution in [0, 0.1) is 11.6 Å². The molecular weight excluding hydrogens is 657 g/mol. The Morgan fingerprint density at radius 2 is 1.19 bits per heavy atom. The molecule has 10 nitrogen and oxygen atoms in total. The van der Waals surface area contributed by atoms with Gasteiger partial charge in [-0.2, -0.15) is 0 Å². The van der Waals surface area contributed by atoms with Gasteiger partial charge in [0.1, 0.15) is 11.6 Å². The fourth-order valence-corrected chi connectivity index (χ4v) is 6.05. The number of aromatic nitrogens is 2. The molecule has 4 aromatic rings. The average Bonchev–Trinajstić information content (AvgIpc) is 3.03. The van der Waals surface area contributed by atoms with E-state index in [1.54, 1.807) is 36.5 Å². The highest BCUT2D eigenvalue weighted by atomic mass is 35.5. The van der Waals surface area contributed by atoms with Crippen molar-refractivity contribution in [1.29, 1.82) is 0 Å².